The van der Waals surface area contributed by atoms with Crippen LogP contribution >= 0.6 is 0 Å². The lowest BCUT2D eigenvalue weighted by Gasteiger charge is -2.12. The van der Waals surface area contributed by atoms with E-state index in [1.807, 2.05) is 6.07 Å². The van der Waals surface area contributed by atoms with E-state index in [2.05, 4.69) is 17.4 Å². The molecule has 20 heavy (non-hydrogen) atoms. The maximum absolute atomic E-state index is 5.70. The zero-order valence-electron chi connectivity index (χ0n) is 11.9. The molecule has 0 radical (unpaired) electrons. The topological polar surface area (TPSA) is 39.7 Å². The van der Waals surface area contributed by atoms with Crippen LogP contribution in [0.5, 0.6) is 11.5 Å². The van der Waals surface area contributed by atoms with Crippen molar-refractivity contribution >= 4 is 0 Å². The summed E-state index contributed by atoms with van der Waals surface area (Å²) in [5, 5.41) is 3.47. The van der Waals surface area contributed by atoms with Crippen LogP contribution in [-0.2, 0) is 11.3 Å². The van der Waals surface area contributed by atoms with Crippen LogP contribution in [0.3, 0.4) is 0 Å². The molecule has 3 rings (SSSR count). The van der Waals surface area contributed by atoms with Crippen LogP contribution in [0.25, 0.3) is 0 Å². The van der Waals surface area contributed by atoms with Gasteiger partial charge in [0, 0.05) is 19.6 Å². The van der Waals surface area contributed by atoms with Crippen molar-refractivity contribution in [1.29, 1.82) is 0 Å². The average Bonchev–Trinajstić information content (AvgIpc) is 2.87. The Morgan fingerprint density at radius 3 is 2.80 bits per heavy atom. The minimum Gasteiger partial charge on any atom is -0.490 e. The average molecular weight is 277 g/mol. The Balaban J connectivity index is 1.46. The van der Waals surface area contributed by atoms with Gasteiger partial charge in [0.05, 0.1) is 19.3 Å². The standard InChI is InChI=1S/C16H23NO3/c1-3-14(18-8-1)6-7-17-12-13-4-5-15-16(11-13)20-10-2-9-19-15/h4-5,11,14,17H,1-3,6-10,12H2. The second kappa shape index (κ2) is 6.95. The summed E-state index contributed by atoms with van der Waals surface area (Å²) in [5.41, 5.74) is 1.24. The Bertz CT molecular complexity index is 430. The molecule has 110 valence electrons. The van der Waals surface area contributed by atoms with Gasteiger partial charge in [-0.25, -0.2) is 0 Å². The van der Waals surface area contributed by atoms with E-state index in [1.165, 1.54) is 18.4 Å². The molecule has 1 aromatic rings. The lowest BCUT2D eigenvalue weighted by Crippen LogP contribution is -2.19. The van der Waals surface area contributed by atoms with Crippen LogP contribution in [-0.4, -0.2) is 32.5 Å². The van der Waals surface area contributed by atoms with Gasteiger partial charge in [0.1, 0.15) is 0 Å². The highest BCUT2D eigenvalue weighted by Crippen LogP contribution is 2.30. The summed E-state index contributed by atoms with van der Waals surface area (Å²) in [6, 6.07) is 6.20. The lowest BCUT2D eigenvalue weighted by atomic mass is 10.1. The van der Waals surface area contributed by atoms with E-state index in [-0.39, 0.29) is 0 Å². The molecule has 0 amide bonds. The molecule has 0 bridgehead atoms. The summed E-state index contributed by atoms with van der Waals surface area (Å²) in [5.74, 6) is 1.74. The van der Waals surface area contributed by atoms with Gasteiger partial charge in [-0.15, -0.1) is 0 Å². The monoisotopic (exact) mass is 277 g/mol. The first-order valence-electron chi connectivity index (χ1n) is 7.63. The zero-order valence-corrected chi connectivity index (χ0v) is 11.9. The highest BCUT2D eigenvalue weighted by Gasteiger charge is 2.14. The van der Waals surface area contributed by atoms with Crippen molar-refractivity contribution in [2.45, 2.75) is 38.3 Å². The van der Waals surface area contributed by atoms with Crippen molar-refractivity contribution in [2.75, 3.05) is 26.4 Å². The molecule has 0 spiro atoms. The van der Waals surface area contributed by atoms with Gasteiger partial charge in [-0.3, -0.25) is 0 Å². The number of rotatable bonds is 5. The summed E-state index contributed by atoms with van der Waals surface area (Å²) in [7, 11) is 0. The largest absolute Gasteiger partial charge is 0.490 e. The van der Waals surface area contributed by atoms with Crippen molar-refractivity contribution in [1.82, 2.24) is 5.32 Å². The molecule has 1 aromatic carbocycles. The molecule has 2 aliphatic rings. The molecular weight excluding hydrogens is 254 g/mol. The van der Waals surface area contributed by atoms with Crippen LogP contribution < -0.4 is 14.8 Å². The maximum atomic E-state index is 5.70. The maximum Gasteiger partial charge on any atom is 0.161 e. The summed E-state index contributed by atoms with van der Waals surface area (Å²) in [4.78, 5) is 0. The van der Waals surface area contributed by atoms with Crippen LogP contribution in [0.15, 0.2) is 18.2 Å². The third-order valence-electron chi connectivity index (χ3n) is 3.81. The number of nitrogens with one attached hydrogen (secondary N) is 1. The van der Waals surface area contributed by atoms with Gasteiger partial charge in [0.15, 0.2) is 11.5 Å². The molecule has 1 fully saturated rings. The quantitative estimate of drug-likeness (QED) is 0.840. The van der Waals surface area contributed by atoms with E-state index in [9.17, 15) is 0 Å². The van der Waals surface area contributed by atoms with Gasteiger partial charge in [0.25, 0.3) is 0 Å². The van der Waals surface area contributed by atoms with Crippen LogP contribution in [0, 0.1) is 0 Å². The number of hydrogen-bond acceptors (Lipinski definition) is 4. The Hall–Kier alpha value is -1.26. The first-order chi connectivity index (χ1) is 9.92. The molecule has 1 unspecified atom stereocenters. The first kappa shape index (κ1) is 13.7. The third kappa shape index (κ3) is 3.64. The first-order valence-corrected chi connectivity index (χ1v) is 7.63. The van der Waals surface area contributed by atoms with Crippen LogP contribution in [0.1, 0.15) is 31.2 Å². The molecule has 0 saturated carbocycles. The molecule has 1 saturated heterocycles. The molecule has 0 aliphatic carbocycles. The van der Waals surface area contributed by atoms with Crippen molar-refractivity contribution in [3.8, 4) is 11.5 Å². The van der Waals surface area contributed by atoms with E-state index in [1.54, 1.807) is 0 Å². The van der Waals surface area contributed by atoms with Gasteiger partial charge >= 0.3 is 0 Å². The number of ether oxygens (including phenoxy) is 3. The number of benzene rings is 1. The summed E-state index contributed by atoms with van der Waals surface area (Å²) in [6.07, 6.45) is 4.94. The van der Waals surface area contributed by atoms with Crippen molar-refractivity contribution < 1.29 is 14.2 Å². The Morgan fingerprint density at radius 2 is 1.95 bits per heavy atom. The van der Waals surface area contributed by atoms with E-state index < -0.39 is 0 Å². The fourth-order valence-corrected chi connectivity index (χ4v) is 2.69. The van der Waals surface area contributed by atoms with Crippen LogP contribution in [0.4, 0.5) is 0 Å². The van der Waals surface area contributed by atoms with Gasteiger partial charge in [0.2, 0.25) is 0 Å². The Morgan fingerprint density at radius 1 is 1.05 bits per heavy atom. The minimum atomic E-state index is 0.464. The van der Waals surface area contributed by atoms with Gasteiger partial charge in [-0.05, 0) is 43.5 Å². The van der Waals surface area contributed by atoms with E-state index >= 15 is 0 Å². The highest BCUT2D eigenvalue weighted by atomic mass is 16.5. The van der Waals surface area contributed by atoms with E-state index in [0.717, 1.165) is 57.3 Å². The number of fused-ring (bicyclic) bond motifs is 1. The smallest absolute Gasteiger partial charge is 0.161 e. The molecule has 4 heteroatoms. The van der Waals surface area contributed by atoms with Crippen LogP contribution in [0.2, 0.25) is 0 Å². The molecule has 1 atom stereocenters. The SMILES string of the molecule is c1cc2c(cc1CNCCC1CCCO1)OCCCO2. The molecule has 2 aliphatic heterocycles. The fraction of sp³-hybridized carbons (Fsp3) is 0.625. The highest BCUT2D eigenvalue weighted by molar-refractivity contribution is 5.43. The predicted octanol–water partition coefficient (Wildman–Crippen LogP) is 2.51. The molecule has 0 aromatic heterocycles. The third-order valence-corrected chi connectivity index (χ3v) is 3.81. The van der Waals surface area contributed by atoms with Gasteiger partial charge in [-0.2, -0.15) is 0 Å². The van der Waals surface area contributed by atoms with Crippen molar-refractivity contribution in [3.63, 3.8) is 0 Å². The predicted molar refractivity (Wildman–Crippen MR) is 77.3 cm³/mol. The Labute approximate surface area is 120 Å². The Kier molecular flexibility index (Phi) is 4.77. The second-order valence-electron chi connectivity index (χ2n) is 5.43. The molecule has 4 nitrogen and oxygen atoms in total. The number of hydrogen-bond donors (Lipinski definition) is 1. The zero-order chi connectivity index (χ0) is 13.6. The lowest BCUT2D eigenvalue weighted by molar-refractivity contribution is 0.104. The van der Waals surface area contributed by atoms with Crippen molar-refractivity contribution in [3.05, 3.63) is 23.8 Å². The molecular formula is C16H23NO3. The second-order valence-corrected chi connectivity index (χ2v) is 5.43. The summed E-state index contributed by atoms with van der Waals surface area (Å²) < 4.78 is 17.0. The van der Waals surface area contributed by atoms with Crippen molar-refractivity contribution in [2.24, 2.45) is 0 Å². The molecule has 1 N–H and O–H groups in total. The normalized spacial score (nSPS) is 21.7. The van der Waals surface area contributed by atoms with Gasteiger partial charge < -0.3 is 19.5 Å². The fourth-order valence-electron chi connectivity index (χ4n) is 2.69. The van der Waals surface area contributed by atoms with E-state index in [0.29, 0.717) is 6.10 Å². The minimum absolute atomic E-state index is 0.464. The summed E-state index contributed by atoms with van der Waals surface area (Å²) in [6.45, 7) is 4.28. The van der Waals surface area contributed by atoms with E-state index in [4.69, 9.17) is 14.2 Å². The van der Waals surface area contributed by atoms with Gasteiger partial charge in [-0.1, -0.05) is 6.07 Å². The molecule has 2 heterocycles. The summed E-state index contributed by atoms with van der Waals surface area (Å²) >= 11 is 0.